The number of benzene rings is 1. The summed E-state index contributed by atoms with van der Waals surface area (Å²) >= 11 is 0. The second-order valence-corrected chi connectivity index (χ2v) is 5.46. The van der Waals surface area contributed by atoms with Gasteiger partial charge in [-0.25, -0.2) is 0 Å². The number of primary amides is 1. The van der Waals surface area contributed by atoms with Crippen LogP contribution in [-0.4, -0.2) is 28.7 Å². The molecule has 3 N–H and O–H groups in total. The summed E-state index contributed by atoms with van der Waals surface area (Å²) in [6.45, 7) is 2.00. The fraction of sp³-hybridized carbons (Fsp3) is 0.250. The number of nitrogens with two attached hydrogens (primary N) is 1. The van der Waals surface area contributed by atoms with Crippen molar-refractivity contribution in [2.45, 2.75) is 25.9 Å². The van der Waals surface area contributed by atoms with E-state index in [9.17, 15) is 9.59 Å². The molecule has 0 unspecified atom stereocenters. The predicted octanol–water partition coefficient (Wildman–Crippen LogP) is 0.719. The van der Waals surface area contributed by atoms with Gasteiger partial charge in [0.2, 0.25) is 5.91 Å². The van der Waals surface area contributed by atoms with Crippen LogP contribution in [0.1, 0.15) is 17.9 Å². The molecular formula is C16H17N5O3. The summed E-state index contributed by atoms with van der Waals surface area (Å²) in [6, 6.07) is 10.2. The Morgan fingerprint density at radius 2 is 2.12 bits per heavy atom. The molecular weight excluding hydrogens is 310 g/mol. The average molecular weight is 327 g/mol. The molecule has 8 nitrogen and oxygen atoms in total. The Labute approximate surface area is 138 Å². The number of anilines is 1. The van der Waals surface area contributed by atoms with Crippen LogP contribution < -0.4 is 16.1 Å². The molecule has 0 fully saturated rings. The lowest BCUT2D eigenvalue weighted by atomic mass is 10.1. The maximum absolute atomic E-state index is 12.3. The van der Waals surface area contributed by atoms with Crippen molar-refractivity contribution < 1.29 is 14.1 Å². The van der Waals surface area contributed by atoms with Gasteiger partial charge in [-0.15, -0.1) is 0 Å². The van der Waals surface area contributed by atoms with E-state index in [-0.39, 0.29) is 24.6 Å². The summed E-state index contributed by atoms with van der Waals surface area (Å²) in [5.41, 5.74) is 7.02. The van der Waals surface area contributed by atoms with Crippen LogP contribution in [-0.2, 0) is 16.1 Å². The first kappa shape index (κ1) is 15.7. The Bertz CT molecular complexity index is 784. The maximum atomic E-state index is 12.3. The minimum Gasteiger partial charge on any atom is -0.368 e. The van der Waals surface area contributed by atoms with Gasteiger partial charge in [0, 0.05) is 12.5 Å². The van der Waals surface area contributed by atoms with Gasteiger partial charge in [0.05, 0.1) is 12.2 Å². The number of nitrogens with zero attached hydrogens (tertiary/aromatic N) is 3. The molecule has 1 atom stereocenters. The molecule has 124 valence electrons. The Morgan fingerprint density at radius 1 is 1.38 bits per heavy atom. The summed E-state index contributed by atoms with van der Waals surface area (Å²) in [7, 11) is 0. The molecule has 0 spiro atoms. The van der Waals surface area contributed by atoms with Crippen molar-refractivity contribution in [1.29, 1.82) is 0 Å². The van der Waals surface area contributed by atoms with Gasteiger partial charge in [-0.3, -0.25) is 14.6 Å². The van der Waals surface area contributed by atoms with Crippen molar-refractivity contribution in [1.82, 2.24) is 10.5 Å². The highest BCUT2D eigenvalue weighted by Crippen LogP contribution is 2.24. The Hall–Kier alpha value is -3.16. The van der Waals surface area contributed by atoms with E-state index in [0.29, 0.717) is 17.1 Å². The van der Waals surface area contributed by atoms with Crippen LogP contribution >= 0.6 is 0 Å². The van der Waals surface area contributed by atoms with E-state index in [1.807, 2.05) is 18.2 Å². The van der Waals surface area contributed by atoms with Crippen molar-refractivity contribution in [3.05, 3.63) is 47.9 Å². The van der Waals surface area contributed by atoms with Gasteiger partial charge in [0.1, 0.15) is 23.2 Å². The highest BCUT2D eigenvalue weighted by Gasteiger charge is 2.34. The first-order chi connectivity index (χ1) is 11.5. The largest absolute Gasteiger partial charge is 0.368 e. The third-order valence-corrected chi connectivity index (χ3v) is 3.63. The van der Waals surface area contributed by atoms with Crippen molar-refractivity contribution in [2.75, 3.05) is 5.01 Å². The molecule has 0 bridgehead atoms. The topological polar surface area (TPSA) is 114 Å². The van der Waals surface area contributed by atoms with Crippen molar-refractivity contribution in [2.24, 2.45) is 10.8 Å². The molecule has 2 heterocycles. The number of para-hydroxylation sites is 1. The molecule has 0 aliphatic carbocycles. The van der Waals surface area contributed by atoms with Crippen LogP contribution in [0.5, 0.6) is 0 Å². The van der Waals surface area contributed by atoms with Crippen molar-refractivity contribution in [3.63, 3.8) is 0 Å². The lowest BCUT2D eigenvalue weighted by Crippen LogP contribution is -2.39. The third kappa shape index (κ3) is 3.27. The van der Waals surface area contributed by atoms with Gasteiger partial charge in [0.15, 0.2) is 0 Å². The fourth-order valence-corrected chi connectivity index (χ4v) is 2.46. The van der Waals surface area contributed by atoms with E-state index < -0.39 is 11.9 Å². The van der Waals surface area contributed by atoms with E-state index in [0.717, 1.165) is 0 Å². The normalized spacial score (nSPS) is 16.8. The van der Waals surface area contributed by atoms with Crippen LogP contribution in [0, 0.1) is 6.92 Å². The minimum absolute atomic E-state index is 0.161. The highest BCUT2D eigenvalue weighted by molar-refractivity contribution is 6.40. The van der Waals surface area contributed by atoms with Crippen LogP contribution in [0.3, 0.4) is 0 Å². The zero-order valence-corrected chi connectivity index (χ0v) is 13.1. The average Bonchev–Trinajstić information content (AvgIpc) is 3.20. The summed E-state index contributed by atoms with van der Waals surface area (Å²) in [5.74, 6) is -0.223. The number of carbonyl (C=O) groups is 2. The monoisotopic (exact) mass is 327 g/mol. The molecule has 1 aliphatic heterocycles. The number of aryl methyl sites for hydroxylation is 1. The standard InChI is InChI=1S/C16H17N5O3/c1-10-7-11(20-24-10)9-18-16(23)13-8-14(15(17)22)21(19-13)12-5-3-2-4-6-12/h2-7,14H,8-9H2,1H3,(H2,17,22)(H,18,23)/t14-/m0/s1. The summed E-state index contributed by atoms with van der Waals surface area (Å²) in [4.78, 5) is 24.0. The van der Waals surface area contributed by atoms with Gasteiger partial charge in [0.25, 0.3) is 5.91 Å². The fourth-order valence-electron chi connectivity index (χ4n) is 2.46. The summed E-state index contributed by atoms with van der Waals surface area (Å²) in [6.07, 6.45) is 0.161. The van der Waals surface area contributed by atoms with Gasteiger partial charge in [-0.05, 0) is 19.1 Å². The first-order valence-electron chi connectivity index (χ1n) is 7.46. The lowest BCUT2D eigenvalue weighted by molar-refractivity contribution is -0.119. The molecule has 2 aromatic rings. The maximum Gasteiger partial charge on any atom is 0.267 e. The van der Waals surface area contributed by atoms with Gasteiger partial charge in [-0.1, -0.05) is 23.4 Å². The molecule has 1 aromatic carbocycles. The van der Waals surface area contributed by atoms with Crippen LogP contribution in [0.15, 0.2) is 46.0 Å². The van der Waals surface area contributed by atoms with E-state index >= 15 is 0 Å². The number of hydrogen-bond acceptors (Lipinski definition) is 6. The first-order valence-corrected chi connectivity index (χ1v) is 7.46. The molecule has 1 aromatic heterocycles. The molecule has 2 amide bonds. The minimum atomic E-state index is -0.678. The van der Waals surface area contributed by atoms with E-state index in [1.54, 1.807) is 25.1 Å². The van der Waals surface area contributed by atoms with Crippen molar-refractivity contribution in [3.8, 4) is 0 Å². The number of hydrogen-bond donors (Lipinski definition) is 2. The third-order valence-electron chi connectivity index (χ3n) is 3.63. The molecule has 3 rings (SSSR count). The number of aromatic nitrogens is 1. The zero-order chi connectivity index (χ0) is 17.1. The Balaban J connectivity index is 1.72. The predicted molar refractivity (Wildman–Crippen MR) is 87.0 cm³/mol. The van der Waals surface area contributed by atoms with Gasteiger partial charge in [-0.2, -0.15) is 5.10 Å². The quantitative estimate of drug-likeness (QED) is 0.840. The Kier molecular flexibility index (Phi) is 4.28. The number of rotatable bonds is 5. The second kappa shape index (κ2) is 6.53. The molecule has 0 saturated heterocycles. The molecule has 24 heavy (non-hydrogen) atoms. The molecule has 8 heteroatoms. The molecule has 1 aliphatic rings. The second-order valence-electron chi connectivity index (χ2n) is 5.46. The van der Waals surface area contributed by atoms with Gasteiger partial charge < -0.3 is 15.6 Å². The highest BCUT2D eigenvalue weighted by atomic mass is 16.5. The molecule has 0 saturated carbocycles. The van der Waals surface area contributed by atoms with E-state index in [2.05, 4.69) is 15.6 Å². The van der Waals surface area contributed by atoms with E-state index in [4.69, 9.17) is 10.3 Å². The summed E-state index contributed by atoms with van der Waals surface area (Å²) in [5, 5.41) is 12.3. The van der Waals surface area contributed by atoms with Crippen LogP contribution in [0.4, 0.5) is 5.69 Å². The zero-order valence-electron chi connectivity index (χ0n) is 13.1. The Morgan fingerprint density at radius 3 is 2.75 bits per heavy atom. The number of hydrazone groups is 1. The lowest BCUT2D eigenvalue weighted by Gasteiger charge is -2.20. The number of amides is 2. The van der Waals surface area contributed by atoms with Crippen LogP contribution in [0.2, 0.25) is 0 Å². The van der Waals surface area contributed by atoms with Gasteiger partial charge >= 0.3 is 0 Å². The van der Waals surface area contributed by atoms with Crippen LogP contribution in [0.25, 0.3) is 0 Å². The number of carbonyl (C=O) groups excluding carboxylic acids is 2. The smallest absolute Gasteiger partial charge is 0.267 e. The molecule has 0 radical (unpaired) electrons. The number of nitrogens with one attached hydrogen (secondary N) is 1. The summed E-state index contributed by atoms with van der Waals surface area (Å²) < 4.78 is 4.94. The van der Waals surface area contributed by atoms with Crippen molar-refractivity contribution >= 4 is 23.2 Å². The SMILES string of the molecule is Cc1cc(CNC(=O)C2=NN(c3ccccc3)[C@H](C(N)=O)C2)no1. The van der Waals surface area contributed by atoms with E-state index in [1.165, 1.54) is 5.01 Å².